The van der Waals surface area contributed by atoms with Crippen molar-refractivity contribution in [2.75, 3.05) is 13.1 Å². The number of nitrogens with zero attached hydrogens (tertiary/aromatic N) is 1. The second kappa shape index (κ2) is 6.66. The highest BCUT2D eigenvalue weighted by atomic mass is 79.9. The van der Waals surface area contributed by atoms with Crippen molar-refractivity contribution < 1.29 is 14.3 Å². The third-order valence-electron chi connectivity index (χ3n) is 3.33. The summed E-state index contributed by atoms with van der Waals surface area (Å²) in [6.45, 7) is 4.33. The van der Waals surface area contributed by atoms with Crippen LogP contribution in [0.1, 0.15) is 13.8 Å². The van der Waals surface area contributed by atoms with Gasteiger partial charge in [-0.25, -0.2) is 0 Å². The summed E-state index contributed by atoms with van der Waals surface area (Å²) in [5, 5.41) is 3.30. The molecule has 1 aromatic rings. The zero-order valence-electron chi connectivity index (χ0n) is 11.7. The molecule has 0 aliphatic carbocycles. The highest BCUT2D eigenvalue weighted by molar-refractivity contribution is 9.10. The van der Waals surface area contributed by atoms with Crippen molar-refractivity contribution in [3.63, 3.8) is 0 Å². The zero-order valence-corrected chi connectivity index (χ0v) is 14.1. The predicted molar refractivity (Wildman–Crippen MR) is 83.4 cm³/mol. The Morgan fingerprint density at radius 2 is 2.29 bits per heavy atom. The molecule has 2 rings (SSSR count). The Balaban J connectivity index is 2.07. The van der Waals surface area contributed by atoms with Gasteiger partial charge in [0.1, 0.15) is 11.8 Å². The topological polar surface area (TPSA) is 58.6 Å². The molecule has 1 aliphatic rings. The second-order valence-corrected chi connectivity index (χ2v) is 6.12. The summed E-state index contributed by atoms with van der Waals surface area (Å²) in [6, 6.07) is 4.61. The summed E-state index contributed by atoms with van der Waals surface area (Å²) in [4.78, 5) is 25.6. The highest BCUT2D eigenvalue weighted by Crippen LogP contribution is 2.29. The van der Waals surface area contributed by atoms with E-state index >= 15 is 0 Å². The maximum atomic E-state index is 12.4. The lowest BCUT2D eigenvalue weighted by atomic mass is 10.2. The summed E-state index contributed by atoms with van der Waals surface area (Å²) in [5.41, 5.74) is 0. The van der Waals surface area contributed by atoms with Crippen LogP contribution in [0.3, 0.4) is 0 Å². The first-order valence-corrected chi connectivity index (χ1v) is 7.77. The average Bonchev–Trinajstić information content (AvgIpc) is 2.44. The van der Waals surface area contributed by atoms with E-state index in [0.717, 1.165) is 0 Å². The van der Waals surface area contributed by atoms with Crippen LogP contribution in [0.4, 0.5) is 0 Å². The van der Waals surface area contributed by atoms with Gasteiger partial charge in [-0.1, -0.05) is 11.6 Å². The maximum absolute atomic E-state index is 12.4. The van der Waals surface area contributed by atoms with E-state index in [1.807, 2.05) is 0 Å². The minimum atomic E-state index is -0.684. The van der Waals surface area contributed by atoms with Crippen LogP contribution < -0.4 is 10.1 Å². The molecule has 2 amide bonds. The van der Waals surface area contributed by atoms with Gasteiger partial charge in [0, 0.05) is 18.1 Å². The Morgan fingerprint density at radius 3 is 2.95 bits per heavy atom. The van der Waals surface area contributed by atoms with Crippen molar-refractivity contribution in [3.8, 4) is 5.75 Å². The summed E-state index contributed by atoms with van der Waals surface area (Å²) in [7, 11) is 0. The van der Waals surface area contributed by atoms with Gasteiger partial charge in [-0.2, -0.15) is 0 Å². The largest absolute Gasteiger partial charge is 0.480 e. The van der Waals surface area contributed by atoms with E-state index in [1.165, 1.54) is 4.90 Å². The van der Waals surface area contributed by atoms with Gasteiger partial charge in [0.15, 0.2) is 6.10 Å². The van der Waals surface area contributed by atoms with Crippen LogP contribution in [0.5, 0.6) is 5.75 Å². The monoisotopic (exact) mass is 374 g/mol. The molecule has 0 spiro atoms. The molecule has 1 aliphatic heterocycles. The summed E-state index contributed by atoms with van der Waals surface area (Å²) >= 11 is 9.21. The second-order valence-electron chi connectivity index (χ2n) is 4.83. The Morgan fingerprint density at radius 1 is 1.57 bits per heavy atom. The van der Waals surface area contributed by atoms with Crippen LogP contribution in [0, 0.1) is 0 Å². The number of piperazine rings is 1. The van der Waals surface area contributed by atoms with Crippen molar-refractivity contribution in [2.24, 2.45) is 0 Å². The Labute approximate surface area is 136 Å². The van der Waals surface area contributed by atoms with Gasteiger partial charge in [-0.3, -0.25) is 9.59 Å². The van der Waals surface area contributed by atoms with E-state index in [2.05, 4.69) is 21.2 Å². The van der Waals surface area contributed by atoms with Crippen molar-refractivity contribution in [2.45, 2.75) is 26.0 Å². The van der Waals surface area contributed by atoms with Crippen molar-refractivity contribution in [1.82, 2.24) is 10.2 Å². The quantitative estimate of drug-likeness (QED) is 0.881. The highest BCUT2D eigenvalue weighted by Gasteiger charge is 2.32. The zero-order chi connectivity index (χ0) is 15.6. The summed E-state index contributed by atoms with van der Waals surface area (Å²) in [5.74, 6) is 0.183. The summed E-state index contributed by atoms with van der Waals surface area (Å²) < 4.78 is 6.35. The number of rotatable bonds is 3. The van der Waals surface area contributed by atoms with E-state index < -0.39 is 12.1 Å². The van der Waals surface area contributed by atoms with Crippen LogP contribution in [0.15, 0.2) is 22.7 Å². The van der Waals surface area contributed by atoms with E-state index in [0.29, 0.717) is 28.3 Å². The lowest BCUT2D eigenvalue weighted by Crippen LogP contribution is -2.58. The Bertz CT molecular complexity index is 567. The van der Waals surface area contributed by atoms with E-state index in [9.17, 15) is 9.59 Å². The first kappa shape index (κ1) is 16.1. The number of nitrogens with one attached hydrogen (secondary N) is 1. The minimum Gasteiger partial charge on any atom is -0.480 e. The van der Waals surface area contributed by atoms with Crippen molar-refractivity contribution >= 4 is 39.3 Å². The molecular formula is C14H16BrClN2O3. The lowest BCUT2D eigenvalue weighted by Gasteiger charge is -2.34. The number of carbonyl (C=O) groups is 2. The Kier molecular flexibility index (Phi) is 5.11. The molecule has 1 saturated heterocycles. The molecule has 0 saturated carbocycles. The molecule has 1 N–H and O–H groups in total. The standard InChI is InChI=1S/C14H16BrClN2O3/c1-8-13(19)17-5-6-18(8)14(20)9(2)21-12-4-3-10(16)7-11(12)15/h3-4,7-9H,5-6H2,1-2H3,(H,17,19). The number of halogens is 2. The van der Waals surface area contributed by atoms with E-state index in [1.54, 1.807) is 32.0 Å². The van der Waals surface area contributed by atoms with Crippen LogP contribution in [-0.2, 0) is 9.59 Å². The maximum Gasteiger partial charge on any atom is 0.264 e. The average molecular weight is 376 g/mol. The molecule has 0 bridgehead atoms. The van der Waals surface area contributed by atoms with E-state index in [-0.39, 0.29) is 11.8 Å². The normalized spacial score (nSPS) is 19.9. The molecule has 114 valence electrons. The van der Waals surface area contributed by atoms with Crippen LogP contribution in [0.25, 0.3) is 0 Å². The number of carbonyl (C=O) groups excluding carboxylic acids is 2. The molecule has 1 fully saturated rings. The van der Waals surface area contributed by atoms with Gasteiger partial charge < -0.3 is 15.0 Å². The SMILES string of the molecule is CC(Oc1ccc(Cl)cc1Br)C(=O)N1CCNC(=O)C1C. The molecule has 2 atom stereocenters. The summed E-state index contributed by atoms with van der Waals surface area (Å²) in [6.07, 6.45) is -0.684. The fourth-order valence-corrected chi connectivity index (χ4v) is 2.90. The fourth-order valence-electron chi connectivity index (χ4n) is 2.13. The van der Waals surface area contributed by atoms with Crippen LogP contribution in [-0.4, -0.2) is 41.9 Å². The van der Waals surface area contributed by atoms with Crippen molar-refractivity contribution in [3.05, 3.63) is 27.7 Å². The van der Waals surface area contributed by atoms with E-state index in [4.69, 9.17) is 16.3 Å². The van der Waals surface area contributed by atoms with Gasteiger partial charge in [-0.15, -0.1) is 0 Å². The first-order chi connectivity index (χ1) is 9.90. The van der Waals surface area contributed by atoms with Crippen LogP contribution >= 0.6 is 27.5 Å². The molecule has 0 aromatic heterocycles. The molecule has 2 unspecified atom stereocenters. The first-order valence-electron chi connectivity index (χ1n) is 6.60. The molecule has 0 radical (unpaired) electrons. The smallest absolute Gasteiger partial charge is 0.264 e. The fraction of sp³-hybridized carbons (Fsp3) is 0.429. The Hall–Kier alpha value is -1.27. The molecule has 7 heteroatoms. The molecule has 1 heterocycles. The van der Waals surface area contributed by atoms with Crippen molar-refractivity contribution in [1.29, 1.82) is 0 Å². The molecule has 1 aromatic carbocycles. The molecule has 21 heavy (non-hydrogen) atoms. The number of amides is 2. The number of benzene rings is 1. The van der Waals surface area contributed by atoms with Gasteiger partial charge in [0.05, 0.1) is 4.47 Å². The molecule has 5 nitrogen and oxygen atoms in total. The van der Waals surface area contributed by atoms with Gasteiger partial charge >= 0.3 is 0 Å². The van der Waals surface area contributed by atoms with Crippen LogP contribution in [0.2, 0.25) is 5.02 Å². The third-order valence-corrected chi connectivity index (χ3v) is 4.18. The molecular weight excluding hydrogens is 360 g/mol. The van der Waals surface area contributed by atoms with Gasteiger partial charge in [-0.05, 0) is 48.0 Å². The number of hydrogen-bond donors (Lipinski definition) is 1. The number of hydrogen-bond acceptors (Lipinski definition) is 3. The predicted octanol–water partition coefficient (Wildman–Crippen LogP) is 2.22. The third kappa shape index (κ3) is 3.68. The van der Waals surface area contributed by atoms with Gasteiger partial charge in [0.2, 0.25) is 5.91 Å². The lowest BCUT2D eigenvalue weighted by molar-refractivity contribution is -0.147. The van der Waals surface area contributed by atoms with Gasteiger partial charge in [0.25, 0.3) is 5.91 Å². The minimum absolute atomic E-state index is 0.144. The number of ether oxygens (including phenoxy) is 1.